The normalized spacial score (nSPS) is 9.40. The molecule has 86 valence electrons. The van der Waals surface area contributed by atoms with Crippen molar-refractivity contribution in [1.82, 2.24) is 0 Å². The van der Waals surface area contributed by atoms with Gasteiger partial charge in [0.05, 0.1) is 0 Å². The average molecular weight is 206 g/mol. The van der Waals surface area contributed by atoms with Gasteiger partial charge in [-0.1, -0.05) is 58.7 Å². The maximum absolute atomic E-state index is 2.23. The predicted octanol–water partition coefficient (Wildman–Crippen LogP) is 4.93. The largest absolute Gasteiger partial charge is 0.0654 e. The van der Waals surface area contributed by atoms with Crippen molar-refractivity contribution in [3.05, 3.63) is 34.9 Å². The number of rotatable bonds is 3. The van der Waals surface area contributed by atoms with Crippen LogP contribution >= 0.6 is 0 Å². The second kappa shape index (κ2) is 8.52. The van der Waals surface area contributed by atoms with Gasteiger partial charge in [-0.05, 0) is 36.5 Å². The van der Waals surface area contributed by atoms with Crippen LogP contribution in [0.3, 0.4) is 0 Å². The molecule has 0 fully saturated rings. The third-order valence-corrected chi connectivity index (χ3v) is 2.74. The topological polar surface area (TPSA) is 0 Å². The first-order valence-corrected chi connectivity index (χ1v) is 6.28. The lowest BCUT2D eigenvalue weighted by Gasteiger charge is -2.07. The Morgan fingerprint density at radius 2 is 1.47 bits per heavy atom. The van der Waals surface area contributed by atoms with Crippen molar-refractivity contribution in [2.75, 3.05) is 0 Å². The molecule has 1 rings (SSSR count). The molecule has 0 saturated carbocycles. The van der Waals surface area contributed by atoms with Crippen LogP contribution in [0.2, 0.25) is 0 Å². The second-order valence-electron chi connectivity index (χ2n) is 3.92. The molecule has 0 atom stereocenters. The molecule has 0 amide bonds. The van der Waals surface area contributed by atoms with Crippen LogP contribution < -0.4 is 0 Å². The third kappa shape index (κ3) is 5.01. The number of aryl methyl sites for hydroxylation is 2. The minimum absolute atomic E-state index is 1.16. The van der Waals surface area contributed by atoms with E-state index in [1.54, 1.807) is 0 Å². The van der Waals surface area contributed by atoms with E-state index in [-0.39, 0.29) is 0 Å². The van der Waals surface area contributed by atoms with Gasteiger partial charge in [-0.2, -0.15) is 0 Å². The number of unbranched alkanes of at least 4 members (excludes halogenated alkanes) is 1. The molecule has 0 spiro atoms. The summed E-state index contributed by atoms with van der Waals surface area (Å²) in [7, 11) is 0. The molecule has 0 unspecified atom stereocenters. The summed E-state index contributed by atoms with van der Waals surface area (Å²) in [6.45, 7) is 11.0. The standard InChI is InChI=1S/C11H16.C4H10/c1-4-10-8-6-7-9(3)11(10)5-2;1-3-4-2/h6-8H,4-5H2,1-3H3;3-4H2,1-2H3. The van der Waals surface area contributed by atoms with Gasteiger partial charge in [0.1, 0.15) is 0 Å². The zero-order valence-corrected chi connectivity index (χ0v) is 11.1. The molecule has 0 nitrogen and oxygen atoms in total. The fourth-order valence-electron chi connectivity index (χ4n) is 1.60. The second-order valence-corrected chi connectivity index (χ2v) is 3.92. The summed E-state index contributed by atoms with van der Waals surface area (Å²) in [5.74, 6) is 0. The number of hydrogen-bond acceptors (Lipinski definition) is 0. The first kappa shape index (κ1) is 14.2. The Morgan fingerprint density at radius 1 is 0.867 bits per heavy atom. The first-order chi connectivity index (χ1) is 7.21. The van der Waals surface area contributed by atoms with Crippen LogP contribution in [-0.2, 0) is 12.8 Å². The summed E-state index contributed by atoms with van der Waals surface area (Å²) >= 11 is 0. The molecule has 0 aliphatic heterocycles. The van der Waals surface area contributed by atoms with Crippen molar-refractivity contribution in [3.8, 4) is 0 Å². The van der Waals surface area contributed by atoms with Gasteiger partial charge >= 0.3 is 0 Å². The highest BCUT2D eigenvalue weighted by molar-refractivity contribution is 5.34. The SMILES string of the molecule is CCCC.CCc1cccc(C)c1CC. The Morgan fingerprint density at radius 3 is 1.80 bits per heavy atom. The first-order valence-electron chi connectivity index (χ1n) is 6.28. The van der Waals surface area contributed by atoms with Crippen molar-refractivity contribution in [2.45, 2.75) is 60.3 Å². The molecule has 15 heavy (non-hydrogen) atoms. The van der Waals surface area contributed by atoms with E-state index < -0.39 is 0 Å². The lowest BCUT2D eigenvalue weighted by atomic mass is 9.98. The summed E-state index contributed by atoms with van der Waals surface area (Å²) in [5, 5.41) is 0. The quantitative estimate of drug-likeness (QED) is 0.658. The van der Waals surface area contributed by atoms with Gasteiger partial charge in [-0.15, -0.1) is 0 Å². The average Bonchev–Trinajstić information content (AvgIpc) is 2.29. The monoisotopic (exact) mass is 206 g/mol. The van der Waals surface area contributed by atoms with Crippen LogP contribution in [0.5, 0.6) is 0 Å². The molecule has 0 heterocycles. The van der Waals surface area contributed by atoms with E-state index in [9.17, 15) is 0 Å². The smallest absolute Gasteiger partial charge is 0.0302 e. The number of hydrogen-bond donors (Lipinski definition) is 0. The molecule has 0 saturated heterocycles. The lowest BCUT2D eigenvalue weighted by molar-refractivity contribution is 0.886. The fourth-order valence-corrected chi connectivity index (χ4v) is 1.60. The molecule has 0 heteroatoms. The van der Waals surface area contributed by atoms with Crippen molar-refractivity contribution < 1.29 is 0 Å². The highest BCUT2D eigenvalue weighted by Crippen LogP contribution is 2.14. The highest BCUT2D eigenvalue weighted by Gasteiger charge is 1.99. The van der Waals surface area contributed by atoms with E-state index in [1.807, 2.05) is 0 Å². The van der Waals surface area contributed by atoms with Gasteiger partial charge in [0.2, 0.25) is 0 Å². The molecule has 0 N–H and O–H groups in total. The predicted molar refractivity (Wildman–Crippen MR) is 70.5 cm³/mol. The van der Waals surface area contributed by atoms with Crippen LogP contribution in [0, 0.1) is 6.92 Å². The van der Waals surface area contributed by atoms with Crippen LogP contribution in [0.25, 0.3) is 0 Å². The summed E-state index contributed by atoms with van der Waals surface area (Å²) in [6.07, 6.45) is 4.96. The Bertz CT molecular complexity index is 259. The van der Waals surface area contributed by atoms with Gasteiger partial charge in [-0.25, -0.2) is 0 Å². The minimum atomic E-state index is 1.16. The summed E-state index contributed by atoms with van der Waals surface area (Å²) in [4.78, 5) is 0. The zero-order valence-electron chi connectivity index (χ0n) is 11.1. The van der Waals surface area contributed by atoms with Crippen LogP contribution in [0.1, 0.15) is 57.2 Å². The third-order valence-electron chi connectivity index (χ3n) is 2.74. The molecule has 1 aromatic carbocycles. The molecule has 0 radical (unpaired) electrons. The molecule has 0 bridgehead atoms. The van der Waals surface area contributed by atoms with Crippen LogP contribution in [0.15, 0.2) is 18.2 Å². The zero-order chi connectivity index (χ0) is 11.7. The van der Waals surface area contributed by atoms with E-state index >= 15 is 0 Å². The van der Waals surface area contributed by atoms with Gasteiger partial charge < -0.3 is 0 Å². The molecular formula is C15H26. The Kier molecular flexibility index (Phi) is 8.08. The molecular weight excluding hydrogens is 180 g/mol. The van der Waals surface area contributed by atoms with Crippen LogP contribution in [-0.4, -0.2) is 0 Å². The van der Waals surface area contributed by atoms with Gasteiger partial charge in [0.25, 0.3) is 0 Å². The molecule has 0 aliphatic carbocycles. The summed E-state index contributed by atoms with van der Waals surface area (Å²) in [6, 6.07) is 6.57. The van der Waals surface area contributed by atoms with E-state index in [4.69, 9.17) is 0 Å². The van der Waals surface area contributed by atoms with Gasteiger partial charge in [0, 0.05) is 0 Å². The highest BCUT2D eigenvalue weighted by atomic mass is 14.0. The van der Waals surface area contributed by atoms with E-state index in [0.717, 1.165) is 12.8 Å². The maximum Gasteiger partial charge on any atom is -0.0302 e. The van der Waals surface area contributed by atoms with Crippen LogP contribution in [0.4, 0.5) is 0 Å². The Labute approximate surface area is 95.7 Å². The maximum atomic E-state index is 2.23. The molecule has 0 aromatic heterocycles. The number of benzene rings is 1. The van der Waals surface area contributed by atoms with Gasteiger partial charge in [0.15, 0.2) is 0 Å². The van der Waals surface area contributed by atoms with Crippen molar-refractivity contribution >= 4 is 0 Å². The Hall–Kier alpha value is -0.780. The van der Waals surface area contributed by atoms with Gasteiger partial charge in [-0.3, -0.25) is 0 Å². The fraction of sp³-hybridized carbons (Fsp3) is 0.600. The van der Waals surface area contributed by atoms with E-state index in [0.29, 0.717) is 0 Å². The minimum Gasteiger partial charge on any atom is -0.0654 e. The van der Waals surface area contributed by atoms with E-state index in [2.05, 4.69) is 52.8 Å². The summed E-state index contributed by atoms with van der Waals surface area (Å²) in [5.41, 5.74) is 4.48. The lowest BCUT2D eigenvalue weighted by Crippen LogP contribution is -1.93. The van der Waals surface area contributed by atoms with Crippen molar-refractivity contribution in [3.63, 3.8) is 0 Å². The summed E-state index contributed by atoms with van der Waals surface area (Å²) < 4.78 is 0. The molecule has 1 aromatic rings. The van der Waals surface area contributed by atoms with E-state index in [1.165, 1.54) is 29.5 Å². The Balaban J connectivity index is 0.000000423. The van der Waals surface area contributed by atoms with Crippen molar-refractivity contribution in [1.29, 1.82) is 0 Å². The van der Waals surface area contributed by atoms with Crippen molar-refractivity contribution in [2.24, 2.45) is 0 Å². The molecule has 0 aliphatic rings.